The quantitative estimate of drug-likeness (QED) is 0.354. The van der Waals surface area contributed by atoms with E-state index in [9.17, 15) is 4.79 Å². The molecule has 0 aromatic heterocycles. The molecule has 0 fully saturated rings. The molecule has 0 spiro atoms. The van der Waals surface area contributed by atoms with E-state index < -0.39 is 5.24 Å². The second kappa shape index (κ2) is 17.9. The Morgan fingerprint density at radius 2 is 1.00 bits per heavy atom. The zero-order valence-corrected chi connectivity index (χ0v) is 34.3. The van der Waals surface area contributed by atoms with Gasteiger partial charge in [-0.3, -0.25) is 4.79 Å². The van der Waals surface area contributed by atoms with Crippen LogP contribution in [0.3, 0.4) is 0 Å². The van der Waals surface area contributed by atoms with Crippen LogP contribution in [0, 0.1) is 5.41 Å². The van der Waals surface area contributed by atoms with Gasteiger partial charge in [0.05, 0.1) is 0 Å². The monoisotopic (exact) mass is 854 g/mol. The summed E-state index contributed by atoms with van der Waals surface area (Å²) in [5.41, 5.74) is 3.22. The summed E-state index contributed by atoms with van der Waals surface area (Å²) in [6, 6.07) is 4.03. The van der Waals surface area contributed by atoms with Crippen molar-refractivity contribution in [1.29, 1.82) is 0 Å². The maximum absolute atomic E-state index is 11.5. The van der Waals surface area contributed by atoms with Crippen LogP contribution in [0.15, 0.2) is 16.6 Å². The van der Waals surface area contributed by atoms with Crippen molar-refractivity contribution in [1.82, 2.24) is 0 Å². The standard InChI is InChI=1S/C16H20BrClO.S16/c1-14(2)10-7-9(13(18)19)12(17)8-11(10)15(3,4)16(14,5)6;1-3-5-7-9-11-13-15-16-14-12-10-8-6-4-2/h7-8H,1-6H3;. The predicted molar refractivity (Wildman–Crippen MR) is 202 cm³/mol. The van der Waals surface area contributed by atoms with Crippen molar-refractivity contribution in [3.63, 3.8) is 0 Å². The van der Waals surface area contributed by atoms with Crippen molar-refractivity contribution < 1.29 is 4.79 Å². The highest BCUT2D eigenvalue weighted by molar-refractivity contribution is 9.10. The molecule has 1 aromatic carbocycles. The SMILES string of the molecule is CC1(C)c2cc(Br)c(C(=O)Cl)cc2C(C)(C)C1(C)C.S=S=S=S=S=S=S=S=S=S=S=S=S=S=S=S. The number of carbonyl (C=O) groups is 1. The molecule has 35 heavy (non-hydrogen) atoms. The van der Waals surface area contributed by atoms with Gasteiger partial charge in [-0.25, -0.2) is 0 Å². The van der Waals surface area contributed by atoms with Crippen molar-refractivity contribution in [3.8, 4) is 0 Å². The Kier molecular flexibility index (Phi) is 18.5. The molecule has 2 rings (SSSR count). The molecule has 1 nitrogen and oxygen atoms in total. The molecular weight excluding hydrogens is 837 g/mol. The van der Waals surface area contributed by atoms with Gasteiger partial charge >= 0.3 is 0 Å². The number of hydrogen-bond acceptors (Lipinski definition) is 3. The lowest BCUT2D eigenvalue weighted by Crippen LogP contribution is -2.42. The normalized spacial score (nSPS) is 15.3. The minimum absolute atomic E-state index is 0.00633. The minimum Gasteiger partial charge on any atom is -0.276 e. The van der Waals surface area contributed by atoms with Gasteiger partial charge in [-0.15, -0.1) is 0 Å². The van der Waals surface area contributed by atoms with Crippen LogP contribution >= 0.6 is 27.5 Å². The van der Waals surface area contributed by atoms with Gasteiger partial charge in [0.1, 0.15) is 0 Å². The number of halogens is 2. The van der Waals surface area contributed by atoms with Crippen LogP contribution in [0.4, 0.5) is 0 Å². The highest BCUT2D eigenvalue weighted by Gasteiger charge is 2.56. The van der Waals surface area contributed by atoms with Crippen LogP contribution in [0.1, 0.15) is 63.0 Å². The molecule has 0 unspecified atom stereocenters. The first-order valence-electron chi connectivity index (χ1n) is 8.99. The molecule has 1 aliphatic rings. The zero-order valence-electron chi connectivity index (χ0n) is 18.9. The van der Waals surface area contributed by atoms with Gasteiger partial charge in [0.25, 0.3) is 5.24 Å². The molecular formula is C16H20BrClOS16. The van der Waals surface area contributed by atoms with Crippen molar-refractivity contribution in [3.05, 3.63) is 33.3 Å². The van der Waals surface area contributed by atoms with Crippen LogP contribution in [-0.4, -0.2) is 5.24 Å². The second-order valence-electron chi connectivity index (χ2n) is 7.98. The molecule has 0 heterocycles. The summed E-state index contributed by atoms with van der Waals surface area (Å²) in [5, 5.41) is -0.409. The lowest BCUT2D eigenvalue weighted by Gasteiger charge is -2.44. The molecule has 0 N–H and O–H groups in total. The molecule has 1 aliphatic carbocycles. The Labute approximate surface area is 270 Å². The Morgan fingerprint density at radius 1 is 0.686 bits per heavy atom. The van der Waals surface area contributed by atoms with Gasteiger partial charge < -0.3 is 0 Å². The van der Waals surface area contributed by atoms with Crippen LogP contribution < -0.4 is 0 Å². The summed E-state index contributed by atoms with van der Waals surface area (Å²) in [5.74, 6) is 0. The molecule has 1 aromatic rings. The van der Waals surface area contributed by atoms with E-state index in [0.717, 1.165) is 4.47 Å². The molecule has 0 atom stereocenters. The fourth-order valence-corrected chi connectivity index (χ4v) is 37.1. The summed E-state index contributed by atoms with van der Waals surface area (Å²) >= 11 is 18.6. The topological polar surface area (TPSA) is 17.1 Å². The summed E-state index contributed by atoms with van der Waals surface area (Å²) < 4.78 is 0.785. The van der Waals surface area contributed by atoms with Gasteiger partial charge in [0, 0.05) is 157 Å². The minimum atomic E-state index is -0.409. The van der Waals surface area contributed by atoms with Gasteiger partial charge in [-0.05, 0) is 67.0 Å². The van der Waals surface area contributed by atoms with Gasteiger partial charge in [-0.1, -0.05) is 41.5 Å². The van der Waals surface area contributed by atoms with Crippen molar-refractivity contribution in [2.24, 2.45) is 5.41 Å². The molecule has 0 saturated heterocycles. The Bertz CT molecular complexity index is 1540. The lowest BCUT2D eigenvalue weighted by atomic mass is 9.59. The molecule has 0 amide bonds. The fraction of sp³-hybridized carbons (Fsp3) is 0.562. The molecule has 0 saturated carbocycles. The smallest absolute Gasteiger partial charge is 0.253 e. The van der Waals surface area contributed by atoms with Crippen LogP contribution in [0.2, 0.25) is 0 Å². The average molecular weight is 857 g/mol. The fourth-order valence-electron chi connectivity index (χ4n) is 3.35. The molecule has 0 aliphatic heterocycles. The van der Waals surface area contributed by atoms with Crippen molar-refractivity contribution in [2.75, 3.05) is 0 Å². The Morgan fingerprint density at radius 3 is 1.31 bits per heavy atom. The highest BCUT2D eigenvalue weighted by atomic mass is 79.9. The third-order valence-corrected chi connectivity index (χ3v) is 35.9. The van der Waals surface area contributed by atoms with Gasteiger partial charge in [-0.2, -0.15) is 0 Å². The number of hydrogen-bond donors (Lipinski definition) is 0. The number of benzene rings is 1. The number of carbonyl (C=O) groups excluding carboxylic acids is 1. The van der Waals surface area contributed by atoms with Gasteiger partial charge in [0.2, 0.25) is 0 Å². The first kappa shape index (κ1) is 36.2. The van der Waals surface area contributed by atoms with Crippen LogP contribution in [0.5, 0.6) is 0 Å². The van der Waals surface area contributed by atoms with Crippen LogP contribution in [-0.2, 0) is 158 Å². The van der Waals surface area contributed by atoms with Crippen molar-refractivity contribution in [2.45, 2.75) is 52.4 Å². The molecule has 200 valence electrons. The van der Waals surface area contributed by atoms with E-state index in [2.05, 4.69) is 63.5 Å². The largest absolute Gasteiger partial charge is 0.276 e. The third-order valence-electron chi connectivity index (χ3n) is 6.15. The summed E-state index contributed by atoms with van der Waals surface area (Å²) in [6.07, 6.45) is 0. The van der Waals surface area contributed by atoms with E-state index in [1.54, 1.807) is 107 Å². The summed E-state index contributed by atoms with van der Waals surface area (Å²) in [4.78, 5) is 11.5. The number of rotatable bonds is 1. The molecule has 0 bridgehead atoms. The number of fused-ring (bicyclic) bond motifs is 1. The zero-order chi connectivity index (χ0) is 26.7. The maximum Gasteiger partial charge on any atom is 0.253 e. The summed E-state index contributed by atoms with van der Waals surface area (Å²) in [6.45, 7) is 13.6. The Hall–Kier alpha value is 3.18. The van der Waals surface area contributed by atoms with Crippen LogP contribution in [0.25, 0.3) is 0 Å². The summed E-state index contributed by atoms with van der Waals surface area (Å²) in [7, 11) is 23.5. The van der Waals surface area contributed by atoms with Crippen molar-refractivity contribution >= 4 is 179 Å². The average Bonchev–Trinajstić information content (AvgIpc) is 2.88. The van der Waals surface area contributed by atoms with E-state index in [1.807, 2.05) is 6.07 Å². The van der Waals surface area contributed by atoms with E-state index in [4.69, 9.17) is 34.0 Å². The third kappa shape index (κ3) is 10.5. The van der Waals surface area contributed by atoms with Gasteiger partial charge in [0.15, 0.2) is 0 Å². The first-order chi connectivity index (χ1) is 16.4. The van der Waals surface area contributed by atoms with E-state index in [-0.39, 0.29) is 16.2 Å². The second-order valence-corrected chi connectivity index (χ2v) is 33.9. The van der Waals surface area contributed by atoms with E-state index in [1.165, 1.54) is 28.9 Å². The first-order valence-corrected chi connectivity index (χ1v) is 30.2. The maximum atomic E-state index is 11.5. The molecule has 19 heteroatoms. The van der Waals surface area contributed by atoms with E-state index in [0.29, 0.717) is 5.56 Å². The highest BCUT2D eigenvalue weighted by Crippen LogP contribution is 2.62. The predicted octanol–water partition coefficient (Wildman–Crippen LogP) is 5.38. The van der Waals surface area contributed by atoms with E-state index >= 15 is 0 Å². The Balaban J connectivity index is 0.000000357. The molecule has 0 radical (unpaired) electrons. The lowest BCUT2D eigenvalue weighted by molar-refractivity contribution is 0.108.